The second kappa shape index (κ2) is 9.01. The molecule has 1 amide bonds. The normalized spacial score (nSPS) is 14.5. The topological polar surface area (TPSA) is 67.2 Å². The first-order chi connectivity index (χ1) is 14.9. The summed E-state index contributed by atoms with van der Waals surface area (Å²) in [5.41, 5.74) is 2.05. The summed E-state index contributed by atoms with van der Waals surface area (Å²) < 4.78 is 15.4. The second-order valence-electron chi connectivity index (χ2n) is 7.63. The number of amides is 1. The third kappa shape index (κ3) is 4.85. The van der Waals surface area contributed by atoms with Crippen molar-refractivity contribution in [1.82, 2.24) is 9.78 Å². The van der Waals surface area contributed by atoms with Crippen molar-refractivity contribution in [2.45, 2.75) is 19.8 Å². The third-order valence-electron chi connectivity index (χ3n) is 5.49. The largest absolute Gasteiger partial charge is 0.355 e. The van der Waals surface area contributed by atoms with Crippen LogP contribution in [0.3, 0.4) is 0 Å². The lowest BCUT2D eigenvalue weighted by molar-refractivity contribution is -0.120. The molecule has 0 atom stereocenters. The molecule has 0 unspecified atom stereocenters. The van der Waals surface area contributed by atoms with Gasteiger partial charge in [0.1, 0.15) is 11.6 Å². The van der Waals surface area contributed by atoms with Crippen LogP contribution in [-0.4, -0.2) is 28.8 Å². The number of hydrogen-bond donors (Lipinski definition) is 1. The van der Waals surface area contributed by atoms with Crippen LogP contribution in [0.2, 0.25) is 0 Å². The van der Waals surface area contributed by atoms with Gasteiger partial charge in [-0.3, -0.25) is 9.59 Å². The van der Waals surface area contributed by atoms with Gasteiger partial charge in [0.05, 0.1) is 5.69 Å². The molecule has 1 aromatic heterocycles. The summed E-state index contributed by atoms with van der Waals surface area (Å²) in [6.45, 7) is 3.28. The predicted molar refractivity (Wildman–Crippen MR) is 122 cm³/mol. The maximum Gasteiger partial charge on any atom is 0.271 e. The number of rotatable bonds is 4. The van der Waals surface area contributed by atoms with Gasteiger partial charge in [-0.25, -0.2) is 4.39 Å². The highest BCUT2D eigenvalue weighted by Crippen LogP contribution is 2.25. The Labute approximate surface area is 187 Å². The van der Waals surface area contributed by atoms with Crippen molar-refractivity contribution in [2.24, 2.45) is 5.92 Å². The van der Waals surface area contributed by atoms with Crippen LogP contribution in [0.5, 0.6) is 0 Å². The number of aryl methyl sites for hydroxylation is 1. The summed E-state index contributed by atoms with van der Waals surface area (Å²) in [5, 5.41) is 7.49. The van der Waals surface area contributed by atoms with Crippen LogP contribution in [0, 0.1) is 18.7 Å². The van der Waals surface area contributed by atoms with Crippen molar-refractivity contribution in [3.63, 3.8) is 0 Å². The molecule has 2 aromatic carbocycles. The molecule has 8 heteroatoms. The van der Waals surface area contributed by atoms with Crippen molar-refractivity contribution in [1.29, 1.82) is 0 Å². The molecule has 1 N–H and O–H groups in total. The highest BCUT2D eigenvalue weighted by molar-refractivity contribution is 9.10. The molecular weight excluding hydrogens is 463 g/mol. The quantitative estimate of drug-likeness (QED) is 0.599. The van der Waals surface area contributed by atoms with Crippen LogP contribution < -0.4 is 15.8 Å². The van der Waals surface area contributed by atoms with E-state index in [1.807, 2.05) is 25.1 Å². The first-order valence-corrected chi connectivity index (χ1v) is 10.9. The highest BCUT2D eigenvalue weighted by atomic mass is 79.9. The molecule has 2 heterocycles. The zero-order valence-electron chi connectivity index (χ0n) is 17.0. The molecule has 3 aromatic rings. The van der Waals surface area contributed by atoms with Crippen molar-refractivity contribution >= 4 is 33.3 Å². The van der Waals surface area contributed by atoms with Crippen LogP contribution in [-0.2, 0) is 4.79 Å². The molecule has 31 heavy (non-hydrogen) atoms. The van der Waals surface area contributed by atoms with E-state index in [2.05, 4.69) is 31.2 Å². The molecule has 0 radical (unpaired) electrons. The maximum atomic E-state index is 13.2. The smallest absolute Gasteiger partial charge is 0.271 e. The molecule has 1 aliphatic heterocycles. The summed E-state index contributed by atoms with van der Waals surface area (Å²) >= 11 is 3.43. The van der Waals surface area contributed by atoms with Crippen LogP contribution in [0.15, 0.2) is 63.9 Å². The van der Waals surface area contributed by atoms with Gasteiger partial charge in [-0.05, 0) is 73.9 Å². The van der Waals surface area contributed by atoms with Crippen molar-refractivity contribution in [3.05, 3.63) is 80.8 Å². The fourth-order valence-corrected chi connectivity index (χ4v) is 4.19. The van der Waals surface area contributed by atoms with E-state index in [-0.39, 0.29) is 23.2 Å². The number of carbonyl (C=O) groups excluding carboxylic acids is 1. The predicted octanol–water partition coefficient (Wildman–Crippen LogP) is 4.30. The lowest BCUT2D eigenvalue weighted by atomic mass is 9.95. The number of carbonyl (C=O) groups is 1. The molecule has 160 valence electrons. The van der Waals surface area contributed by atoms with Gasteiger partial charge in [0.15, 0.2) is 0 Å². The number of hydrogen-bond acceptors (Lipinski definition) is 4. The average Bonchev–Trinajstić information content (AvgIpc) is 2.77. The zero-order chi connectivity index (χ0) is 22.0. The van der Waals surface area contributed by atoms with Gasteiger partial charge >= 0.3 is 0 Å². The minimum absolute atomic E-state index is 0.0225. The van der Waals surface area contributed by atoms with Gasteiger partial charge in [0.2, 0.25) is 5.91 Å². The van der Waals surface area contributed by atoms with Gasteiger partial charge in [0, 0.05) is 35.2 Å². The Balaban J connectivity index is 1.43. The Morgan fingerprint density at radius 2 is 1.81 bits per heavy atom. The molecule has 0 saturated carbocycles. The lowest BCUT2D eigenvalue weighted by Gasteiger charge is -2.32. The molecule has 1 saturated heterocycles. The van der Waals surface area contributed by atoms with Gasteiger partial charge < -0.3 is 10.2 Å². The number of aromatic nitrogens is 2. The van der Waals surface area contributed by atoms with Crippen molar-refractivity contribution in [2.75, 3.05) is 23.3 Å². The summed E-state index contributed by atoms with van der Waals surface area (Å²) in [5.74, 6) is 0.231. The van der Waals surface area contributed by atoms with E-state index in [9.17, 15) is 14.0 Å². The van der Waals surface area contributed by atoms with E-state index in [1.165, 1.54) is 35.0 Å². The number of nitrogens with one attached hydrogen (secondary N) is 1. The van der Waals surface area contributed by atoms with Crippen molar-refractivity contribution < 1.29 is 9.18 Å². The zero-order valence-corrected chi connectivity index (χ0v) is 18.6. The summed E-state index contributed by atoms with van der Waals surface area (Å²) in [4.78, 5) is 27.0. The van der Waals surface area contributed by atoms with E-state index >= 15 is 0 Å². The lowest BCUT2D eigenvalue weighted by Crippen LogP contribution is -2.39. The minimum atomic E-state index is -0.369. The minimum Gasteiger partial charge on any atom is -0.355 e. The average molecular weight is 485 g/mol. The Morgan fingerprint density at radius 1 is 1.10 bits per heavy atom. The molecule has 1 aliphatic rings. The van der Waals surface area contributed by atoms with Gasteiger partial charge in [-0.2, -0.15) is 4.68 Å². The first kappa shape index (κ1) is 21.2. The van der Waals surface area contributed by atoms with Crippen LogP contribution in [0.1, 0.15) is 18.4 Å². The number of halogens is 2. The number of nitrogens with zero attached hydrogens (tertiary/aromatic N) is 3. The monoisotopic (exact) mass is 484 g/mol. The number of anilines is 2. The van der Waals surface area contributed by atoms with E-state index in [1.54, 1.807) is 6.07 Å². The Morgan fingerprint density at radius 3 is 2.48 bits per heavy atom. The van der Waals surface area contributed by atoms with E-state index in [4.69, 9.17) is 0 Å². The van der Waals surface area contributed by atoms with Crippen LogP contribution in [0.25, 0.3) is 5.69 Å². The van der Waals surface area contributed by atoms with E-state index in [0.29, 0.717) is 37.4 Å². The molecule has 0 spiro atoms. The molecule has 6 nitrogen and oxygen atoms in total. The van der Waals surface area contributed by atoms with E-state index < -0.39 is 0 Å². The van der Waals surface area contributed by atoms with E-state index in [0.717, 1.165) is 15.7 Å². The number of benzene rings is 2. The standard InChI is InChI=1S/C23H22BrFN4O2/c1-15-14-17(24)2-7-20(15)26-23(31)16-10-12-28(13-11-16)21-8-9-22(30)29(27-21)19-5-3-18(25)4-6-19/h2-9,14,16H,10-13H2,1H3,(H,26,31). The molecular formula is C23H22BrFN4O2. The summed E-state index contributed by atoms with van der Waals surface area (Å²) in [6, 6.07) is 14.6. The molecule has 4 rings (SSSR count). The SMILES string of the molecule is Cc1cc(Br)ccc1NC(=O)C1CCN(c2ccc(=O)n(-c3ccc(F)cc3)n2)CC1. The Kier molecular flexibility index (Phi) is 6.18. The Hall–Kier alpha value is -3.00. The second-order valence-corrected chi connectivity index (χ2v) is 8.54. The molecule has 0 aliphatic carbocycles. The van der Waals surface area contributed by atoms with Gasteiger partial charge in [0.25, 0.3) is 5.56 Å². The maximum absolute atomic E-state index is 13.2. The highest BCUT2D eigenvalue weighted by Gasteiger charge is 2.26. The molecule has 0 bridgehead atoms. The Bertz CT molecular complexity index is 1150. The fraction of sp³-hybridized carbons (Fsp3) is 0.261. The molecule has 1 fully saturated rings. The fourth-order valence-electron chi connectivity index (χ4n) is 3.71. The van der Waals surface area contributed by atoms with Gasteiger partial charge in [-0.1, -0.05) is 15.9 Å². The third-order valence-corrected chi connectivity index (χ3v) is 5.99. The van der Waals surface area contributed by atoms with Crippen LogP contribution in [0.4, 0.5) is 15.9 Å². The van der Waals surface area contributed by atoms with Gasteiger partial charge in [-0.15, -0.1) is 5.10 Å². The summed E-state index contributed by atoms with van der Waals surface area (Å²) in [7, 11) is 0. The number of piperidine rings is 1. The van der Waals surface area contributed by atoms with Crippen LogP contribution >= 0.6 is 15.9 Å². The first-order valence-electron chi connectivity index (χ1n) is 10.1. The summed E-state index contributed by atoms with van der Waals surface area (Å²) in [6.07, 6.45) is 1.39. The van der Waals surface area contributed by atoms with Crippen molar-refractivity contribution in [3.8, 4) is 5.69 Å².